The summed E-state index contributed by atoms with van der Waals surface area (Å²) in [4.78, 5) is 12.1. The van der Waals surface area contributed by atoms with E-state index in [1.54, 1.807) is 6.92 Å². The van der Waals surface area contributed by atoms with Crippen LogP contribution in [0.4, 0.5) is 0 Å². The minimum Gasteiger partial charge on any atom is -0.394 e. The maximum Gasteiger partial charge on any atom is 0.224 e. The molecule has 0 unspecified atom stereocenters. The van der Waals surface area contributed by atoms with Crippen molar-refractivity contribution in [1.29, 1.82) is 0 Å². The molecule has 0 aromatic heterocycles. The quantitative estimate of drug-likeness (QED) is 0.717. The van der Waals surface area contributed by atoms with Gasteiger partial charge in [-0.15, -0.1) is 0 Å². The maximum absolute atomic E-state index is 12.1. The fourth-order valence-corrected chi connectivity index (χ4v) is 2.27. The first-order valence-electron chi connectivity index (χ1n) is 6.18. The highest BCUT2D eigenvalue weighted by Crippen LogP contribution is 2.26. The third-order valence-electron chi connectivity index (χ3n) is 3.54. The maximum atomic E-state index is 12.1. The number of amides is 1. The molecule has 1 aromatic rings. The first-order chi connectivity index (χ1) is 8.58. The molecule has 0 heterocycles. The van der Waals surface area contributed by atoms with Crippen LogP contribution in [-0.4, -0.2) is 34.9 Å². The molecule has 1 aliphatic carbocycles. The van der Waals surface area contributed by atoms with Crippen LogP contribution in [-0.2, 0) is 17.6 Å². The lowest BCUT2D eigenvalue weighted by Crippen LogP contribution is -2.53. The van der Waals surface area contributed by atoms with Gasteiger partial charge >= 0.3 is 0 Å². The minimum absolute atomic E-state index is 0.0974. The molecule has 18 heavy (non-hydrogen) atoms. The molecule has 0 radical (unpaired) electrons. The molecule has 0 saturated carbocycles. The molecule has 0 bridgehead atoms. The summed E-state index contributed by atoms with van der Waals surface area (Å²) in [6.45, 7) is 1.09. The van der Waals surface area contributed by atoms with Crippen LogP contribution < -0.4 is 5.32 Å². The number of rotatable bonds is 4. The normalized spacial score (nSPS) is 15.5. The summed E-state index contributed by atoms with van der Waals surface area (Å²) < 4.78 is 0. The van der Waals surface area contributed by atoms with Crippen molar-refractivity contribution < 1.29 is 15.0 Å². The van der Waals surface area contributed by atoms with Gasteiger partial charge in [0.1, 0.15) is 0 Å². The van der Waals surface area contributed by atoms with Crippen LogP contribution in [0.3, 0.4) is 0 Å². The SMILES string of the molecule is CC(CO)(CO)NC(=O)C1Cc2ccccc2C1. The zero-order valence-corrected chi connectivity index (χ0v) is 10.5. The number of benzene rings is 1. The van der Waals surface area contributed by atoms with Gasteiger partial charge in [0, 0.05) is 5.92 Å². The van der Waals surface area contributed by atoms with Crippen molar-refractivity contribution in [2.75, 3.05) is 13.2 Å². The zero-order valence-electron chi connectivity index (χ0n) is 10.5. The molecule has 98 valence electrons. The Morgan fingerprint density at radius 3 is 2.22 bits per heavy atom. The van der Waals surface area contributed by atoms with E-state index in [2.05, 4.69) is 5.32 Å². The number of fused-ring (bicyclic) bond motifs is 1. The molecule has 1 aromatic carbocycles. The summed E-state index contributed by atoms with van der Waals surface area (Å²) in [7, 11) is 0. The molecule has 0 saturated heterocycles. The molecule has 0 spiro atoms. The number of nitrogens with one attached hydrogen (secondary N) is 1. The lowest BCUT2D eigenvalue weighted by atomic mass is 10.0. The van der Waals surface area contributed by atoms with Gasteiger partial charge in [-0.05, 0) is 30.9 Å². The largest absolute Gasteiger partial charge is 0.394 e. The summed E-state index contributed by atoms with van der Waals surface area (Å²) >= 11 is 0. The Balaban J connectivity index is 2.01. The molecule has 4 nitrogen and oxygen atoms in total. The van der Waals surface area contributed by atoms with Crippen molar-refractivity contribution in [3.63, 3.8) is 0 Å². The average Bonchev–Trinajstić information content (AvgIpc) is 2.82. The number of aliphatic hydroxyl groups excluding tert-OH is 2. The topological polar surface area (TPSA) is 69.6 Å². The standard InChI is InChI=1S/C14H19NO3/c1-14(8-16,9-17)15-13(18)12-6-10-4-2-3-5-11(10)7-12/h2-5,12,16-17H,6-9H2,1H3,(H,15,18). The van der Waals surface area contributed by atoms with Gasteiger partial charge in [0.25, 0.3) is 0 Å². The fourth-order valence-electron chi connectivity index (χ4n) is 2.27. The smallest absolute Gasteiger partial charge is 0.224 e. The van der Waals surface area contributed by atoms with Crippen molar-refractivity contribution in [2.24, 2.45) is 5.92 Å². The van der Waals surface area contributed by atoms with Crippen molar-refractivity contribution in [3.05, 3.63) is 35.4 Å². The van der Waals surface area contributed by atoms with Crippen LogP contribution in [0.25, 0.3) is 0 Å². The van der Waals surface area contributed by atoms with E-state index in [0.29, 0.717) is 0 Å². The highest BCUT2D eigenvalue weighted by atomic mass is 16.3. The highest BCUT2D eigenvalue weighted by Gasteiger charge is 2.32. The summed E-state index contributed by atoms with van der Waals surface area (Å²) in [6, 6.07) is 8.04. The lowest BCUT2D eigenvalue weighted by Gasteiger charge is -2.27. The van der Waals surface area contributed by atoms with Crippen LogP contribution in [0, 0.1) is 5.92 Å². The zero-order chi connectivity index (χ0) is 13.2. The Kier molecular flexibility index (Phi) is 3.68. The molecular weight excluding hydrogens is 230 g/mol. The third kappa shape index (κ3) is 2.54. The second-order valence-corrected chi connectivity index (χ2v) is 5.24. The van der Waals surface area contributed by atoms with E-state index >= 15 is 0 Å². The van der Waals surface area contributed by atoms with Crippen LogP contribution in [0.15, 0.2) is 24.3 Å². The van der Waals surface area contributed by atoms with E-state index in [-0.39, 0.29) is 25.0 Å². The second-order valence-electron chi connectivity index (χ2n) is 5.24. The van der Waals surface area contributed by atoms with Gasteiger partial charge in [-0.1, -0.05) is 24.3 Å². The Morgan fingerprint density at radius 2 is 1.78 bits per heavy atom. The number of carbonyl (C=O) groups excluding carboxylic acids is 1. The van der Waals surface area contributed by atoms with Gasteiger partial charge in [-0.25, -0.2) is 0 Å². The van der Waals surface area contributed by atoms with E-state index in [9.17, 15) is 15.0 Å². The molecule has 1 aliphatic rings. The third-order valence-corrected chi connectivity index (χ3v) is 3.54. The molecule has 1 amide bonds. The number of aliphatic hydroxyl groups is 2. The van der Waals surface area contributed by atoms with Crippen LogP contribution in [0.5, 0.6) is 0 Å². The van der Waals surface area contributed by atoms with Crippen LogP contribution >= 0.6 is 0 Å². The lowest BCUT2D eigenvalue weighted by molar-refractivity contribution is -0.127. The predicted octanol–water partition coefficient (Wildman–Crippen LogP) is 0.261. The molecule has 2 rings (SSSR count). The minimum atomic E-state index is -0.939. The monoisotopic (exact) mass is 249 g/mol. The van der Waals surface area contributed by atoms with E-state index in [0.717, 1.165) is 12.8 Å². The molecule has 0 fully saturated rings. The molecule has 3 N–H and O–H groups in total. The van der Waals surface area contributed by atoms with E-state index < -0.39 is 5.54 Å². The van der Waals surface area contributed by atoms with Gasteiger partial charge in [0.2, 0.25) is 5.91 Å². The number of hydrogen-bond acceptors (Lipinski definition) is 3. The van der Waals surface area contributed by atoms with Gasteiger partial charge < -0.3 is 15.5 Å². The van der Waals surface area contributed by atoms with Crippen molar-refractivity contribution in [2.45, 2.75) is 25.3 Å². The van der Waals surface area contributed by atoms with E-state index in [1.165, 1.54) is 11.1 Å². The Labute approximate surface area is 107 Å². The highest BCUT2D eigenvalue weighted by molar-refractivity contribution is 5.81. The van der Waals surface area contributed by atoms with Crippen molar-refractivity contribution in [3.8, 4) is 0 Å². The van der Waals surface area contributed by atoms with E-state index in [4.69, 9.17) is 0 Å². The molecule has 4 heteroatoms. The van der Waals surface area contributed by atoms with Crippen molar-refractivity contribution in [1.82, 2.24) is 5.32 Å². The Morgan fingerprint density at radius 1 is 1.28 bits per heavy atom. The van der Waals surface area contributed by atoms with Gasteiger partial charge in [-0.3, -0.25) is 4.79 Å². The molecular formula is C14H19NO3. The number of hydrogen-bond donors (Lipinski definition) is 3. The van der Waals surface area contributed by atoms with Crippen molar-refractivity contribution >= 4 is 5.91 Å². The first-order valence-corrected chi connectivity index (χ1v) is 6.18. The number of carbonyl (C=O) groups is 1. The Hall–Kier alpha value is -1.39. The molecule has 0 aliphatic heterocycles. The average molecular weight is 249 g/mol. The summed E-state index contributed by atoms with van der Waals surface area (Å²) in [6.07, 6.45) is 1.46. The van der Waals surface area contributed by atoms with Gasteiger partial charge in [0.05, 0.1) is 18.8 Å². The first kappa shape index (κ1) is 13.1. The predicted molar refractivity (Wildman–Crippen MR) is 68.1 cm³/mol. The molecule has 0 atom stereocenters. The summed E-state index contributed by atoms with van der Waals surface area (Å²) in [5.74, 6) is -0.198. The van der Waals surface area contributed by atoms with E-state index in [1.807, 2.05) is 24.3 Å². The van der Waals surface area contributed by atoms with Crippen LogP contribution in [0.1, 0.15) is 18.1 Å². The summed E-state index contributed by atoms with van der Waals surface area (Å²) in [5.41, 5.74) is 1.49. The summed E-state index contributed by atoms with van der Waals surface area (Å²) in [5, 5.41) is 21.1. The van der Waals surface area contributed by atoms with Gasteiger partial charge in [0.15, 0.2) is 0 Å². The van der Waals surface area contributed by atoms with Crippen LogP contribution in [0.2, 0.25) is 0 Å². The van der Waals surface area contributed by atoms with Gasteiger partial charge in [-0.2, -0.15) is 0 Å². The fraction of sp³-hybridized carbons (Fsp3) is 0.500. The second kappa shape index (κ2) is 5.08. The Bertz CT molecular complexity index is 415.